The second-order valence-corrected chi connectivity index (χ2v) is 4.36. The molecule has 0 amide bonds. The molecule has 0 aliphatic heterocycles. The van der Waals surface area contributed by atoms with E-state index in [0.717, 1.165) is 0 Å². The quantitative estimate of drug-likeness (QED) is 0.791. The van der Waals surface area contributed by atoms with Crippen molar-refractivity contribution in [2.45, 2.75) is 37.8 Å². The fraction of sp³-hybridized carbons (Fsp3) is 0.538. The molecule has 15 heavy (non-hydrogen) atoms. The Labute approximate surface area is 92.1 Å². The highest BCUT2D eigenvalue weighted by Crippen LogP contribution is 2.21. The van der Waals surface area contributed by atoms with Gasteiger partial charge in [-0.1, -0.05) is 18.2 Å². The van der Waals surface area contributed by atoms with Crippen molar-refractivity contribution >= 4 is 5.69 Å². The number of benzene rings is 1. The maximum Gasteiger partial charge on any atom is 0.0342 e. The van der Waals surface area contributed by atoms with Gasteiger partial charge in [0.1, 0.15) is 0 Å². The number of hydrogen-bond donors (Lipinski definition) is 2. The molecule has 0 saturated heterocycles. The summed E-state index contributed by atoms with van der Waals surface area (Å²) >= 11 is 0. The first-order valence-electron chi connectivity index (χ1n) is 5.87. The summed E-state index contributed by atoms with van der Waals surface area (Å²) in [6, 6.07) is 11.8. The van der Waals surface area contributed by atoms with E-state index in [4.69, 9.17) is 0 Å². The van der Waals surface area contributed by atoms with Crippen LogP contribution in [-0.2, 0) is 0 Å². The van der Waals surface area contributed by atoms with Crippen LogP contribution in [0.25, 0.3) is 0 Å². The van der Waals surface area contributed by atoms with Gasteiger partial charge >= 0.3 is 0 Å². The van der Waals surface area contributed by atoms with Crippen LogP contribution in [0.1, 0.15) is 25.7 Å². The van der Waals surface area contributed by atoms with Gasteiger partial charge in [0.25, 0.3) is 0 Å². The Kier molecular flexibility index (Phi) is 3.62. The zero-order valence-corrected chi connectivity index (χ0v) is 9.37. The molecular formula is C13H20N2. The predicted molar refractivity (Wildman–Crippen MR) is 65.2 cm³/mol. The second-order valence-electron chi connectivity index (χ2n) is 4.36. The molecule has 2 heteroatoms. The van der Waals surface area contributed by atoms with Gasteiger partial charge in [-0.05, 0) is 44.9 Å². The Balaban J connectivity index is 1.89. The molecule has 1 aliphatic carbocycles. The molecule has 1 aromatic carbocycles. The van der Waals surface area contributed by atoms with E-state index >= 15 is 0 Å². The largest absolute Gasteiger partial charge is 0.382 e. The van der Waals surface area contributed by atoms with Crippen molar-refractivity contribution in [2.24, 2.45) is 0 Å². The van der Waals surface area contributed by atoms with Crippen LogP contribution in [0.2, 0.25) is 0 Å². The molecular weight excluding hydrogens is 184 g/mol. The summed E-state index contributed by atoms with van der Waals surface area (Å²) in [5.74, 6) is 0. The first-order valence-corrected chi connectivity index (χ1v) is 5.87. The number of rotatable bonds is 3. The van der Waals surface area contributed by atoms with E-state index < -0.39 is 0 Å². The van der Waals surface area contributed by atoms with Crippen molar-refractivity contribution in [1.82, 2.24) is 5.32 Å². The van der Waals surface area contributed by atoms with Crippen LogP contribution in [0.5, 0.6) is 0 Å². The van der Waals surface area contributed by atoms with Crippen molar-refractivity contribution in [3.63, 3.8) is 0 Å². The molecule has 0 aromatic heterocycles. The SMILES string of the molecule is CNC1CCCC(Nc2ccccc2)C1. The first kappa shape index (κ1) is 10.5. The van der Waals surface area contributed by atoms with Gasteiger partial charge in [0.15, 0.2) is 0 Å². The van der Waals surface area contributed by atoms with Crippen molar-refractivity contribution < 1.29 is 0 Å². The predicted octanol–water partition coefficient (Wildman–Crippen LogP) is 2.63. The summed E-state index contributed by atoms with van der Waals surface area (Å²) in [6.07, 6.45) is 5.19. The van der Waals surface area contributed by atoms with E-state index in [0.29, 0.717) is 12.1 Å². The molecule has 82 valence electrons. The summed E-state index contributed by atoms with van der Waals surface area (Å²) in [4.78, 5) is 0. The molecule has 2 nitrogen and oxygen atoms in total. The lowest BCUT2D eigenvalue weighted by molar-refractivity contribution is 0.369. The highest BCUT2D eigenvalue weighted by Gasteiger charge is 2.20. The molecule has 2 N–H and O–H groups in total. The maximum atomic E-state index is 3.61. The van der Waals surface area contributed by atoms with E-state index in [-0.39, 0.29) is 0 Å². The molecule has 1 aromatic rings. The Morgan fingerprint density at radius 3 is 2.53 bits per heavy atom. The number of hydrogen-bond acceptors (Lipinski definition) is 2. The first-order chi connectivity index (χ1) is 7.38. The third-order valence-corrected chi connectivity index (χ3v) is 3.23. The third-order valence-electron chi connectivity index (χ3n) is 3.23. The Morgan fingerprint density at radius 1 is 1.07 bits per heavy atom. The van der Waals surface area contributed by atoms with E-state index in [2.05, 4.69) is 48.0 Å². The fourth-order valence-electron chi connectivity index (χ4n) is 2.35. The standard InChI is InChI=1S/C13H20N2/c1-14-12-8-5-9-13(10-12)15-11-6-3-2-4-7-11/h2-4,6-7,12-15H,5,8-10H2,1H3. The van der Waals surface area contributed by atoms with Crippen molar-refractivity contribution in [1.29, 1.82) is 0 Å². The fourth-order valence-corrected chi connectivity index (χ4v) is 2.35. The van der Waals surface area contributed by atoms with Gasteiger partial charge in [-0.15, -0.1) is 0 Å². The van der Waals surface area contributed by atoms with Crippen LogP contribution in [0.15, 0.2) is 30.3 Å². The molecule has 1 saturated carbocycles. The van der Waals surface area contributed by atoms with Crippen LogP contribution in [0.4, 0.5) is 5.69 Å². The van der Waals surface area contributed by atoms with Gasteiger partial charge < -0.3 is 10.6 Å². The summed E-state index contributed by atoms with van der Waals surface area (Å²) in [6.45, 7) is 0. The van der Waals surface area contributed by atoms with Gasteiger partial charge in [0.05, 0.1) is 0 Å². The van der Waals surface area contributed by atoms with Crippen LogP contribution >= 0.6 is 0 Å². The van der Waals surface area contributed by atoms with Gasteiger partial charge in [0, 0.05) is 17.8 Å². The third kappa shape index (κ3) is 2.96. The lowest BCUT2D eigenvalue weighted by Gasteiger charge is -2.30. The highest BCUT2D eigenvalue weighted by atomic mass is 14.9. The minimum Gasteiger partial charge on any atom is -0.382 e. The Hall–Kier alpha value is -1.02. The summed E-state index contributed by atoms with van der Waals surface area (Å²) in [5, 5.41) is 6.98. The lowest BCUT2D eigenvalue weighted by atomic mass is 9.91. The molecule has 0 radical (unpaired) electrons. The van der Waals surface area contributed by atoms with E-state index in [9.17, 15) is 0 Å². The van der Waals surface area contributed by atoms with E-state index in [1.807, 2.05) is 0 Å². The van der Waals surface area contributed by atoms with Gasteiger partial charge in [0.2, 0.25) is 0 Å². The zero-order chi connectivity index (χ0) is 10.5. The topological polar surface area (TPSA) is 24.1 Å². The van der Waals surface area contributed by atoms with Crippen molar-refractivity contribution in [3.05, 3.63) is 30.3 Å². The molecule has 0 spiro atoms. The molecule has 2 rings (SSSR count). The maximum absolute atomic E-state index is 3.61. The summed E-state index contributed by atoms with van der Waals surface area (Å²) < 4.78 is 0. The minimum atomic E-state index is 0.638. The van der Waals surface area contributed by atoms with Gasteiger partial charge in [-0.3, -0.25) is 0 Å². The van der Waals surface area contributed by atoms with Crippen LogP contribution in [0, 0.1) is 0 Å². The van der Waals surface area contributed by atoms with Crippen LogP contribution in [0.3, 0.4) is 0 Å². The smallest absolute Gasteiger partial charge is 0.0342 e. The monoisotopic (exact) mass is 204 g/mol. The molecule has 0 heterocycles. The normalized spacial score (nSPS) is 26.2. The minimum absolute atomic E-state index is 0.638. The lowest BCUT2D eigenvalue weighted by Crippen LogP contribution is -2.36. The summed E-state index contributed by atoms with van der Waals surface area (Å²) in [5.41, 5.74) is 1.25. The summed E-state index contributed by atoms with van der Waals surface area (Å²) in [7, 11) is 2.07. The highest BCUT2D eigenvalue weighted by molar-refractivity contribution is 5.43. The molecule has 1 aliphatic rings. The Bertz CT molecular complexity index is 284. The molecule has 2 atom stereocenters. The molecule has 2 unspecified atom stereocenters. The zero-order valence-electron chi connectivity index (χ0n) is 9.37. The van der Waals surface area contributed by atoms with Crippen LogP contribution in [-0.4, -0.2) is 19.1 Å². The van der Waals surface area contributed by atoms with Crippen molar-refractivity contribution in [3.8, 4) is 0 Å². The molecule has 0 bridgehead atoms. The molecule has 1 fully saturated rings. The average molecular weight is 204 g/mol. The van der Waals surface area contributed by atoms with Crippen molar-refractivity contribution in [2.75, 3.05) is 12.4 Å². The number of para-hydroxylation sites is 1. The number of anilines is 1. The second kappa shape index (κ2) is 5.17. The number of nitrogens with one attached hydrogen (secondary N) is 2. The average Bonchev–Trinajstić information content (AvgIpc) is 2.31. The van der Waals surface area contributed by atoms with Crippen LogP contribution < -0.4 is 10.6 Å². The Morgan fingerprint density at radius 2 is 1.80 bits per heavy atom. The van der Waals surface area contributed by atoms with E-state index in [1.165, 1.54) is 31.4 Å². The van der Waals surface area contributed by atoms with Gasteiger partial charge in [-0.25, -0.2) is 0 Å². The van der Waals surface area contributed by atoms with E-state index in [1.54, 1.807) is 0 Å². The van der Waals surface area contributed by atoms with Gasteiger partial charge in [-0.2, -0.15) is 0 Å².